The fourth-order valence-corrected chi connectivity index (χ4v) is 1.64. The number of methoxy groups -OCH3 is 1. The van der Waals surface area contributed by atoms with Crippen molar-refractivity contribution in [3.05, 3.63) is 33.9 Å². The highest BCUT2D eigenvalue weighted by Crippen LogP contribution is 2.32. The van der Waals surface area contributed by atoms with Crippen molar-refractivity contribution in [1.29, 1.82) is 0 Å². The summed E-state index contributed by atoms with van der Waals surface area (Å²) in [6, 6.07) is 5.35. The van der Waals surface area contributed by atoms with Gasteiger partial charge < -0.3 is 10.1 Å². The lowest BCUT2D eigenvalue weighted by atomic mass is 9.97. The second-order valence-electron chi connectivity index (χ2n) is 3.48. The topological polar surface area (TPSA) is 64.4 Å². The second-order valence-corrected chi connectivity index (χ2v) is 3.48. The minimum Gasteiger partial charge on any atom is -0.490 e. The molecule has 1 atom stereocenters. The number of ether oxygens (including phenoxy) is 1. The molecule has 0 spiro atoms. The number of hydrogen-bond donors (Lipinski definition) is 1. The highest BCUT2D eigenvalue weighted by atomic mass is 16.6. The van der Waals surface area contributed by atoms with E-state index < -0.39 is 4.92 Å². The SMILES string of the molecule is COc1ccc([C@@H]2CCN2)cc1[N+](=O)[O-]. The molecule has 15 heavy (non-hydrogen) atoms. The van der Waals surface area contributed by atoms with E-state index in [2.05, 4.69) is 5.32 Å². The molecule has 1 saturated heterocycles. The van der Waals surface area contributed by atoms with E-state index in [1.807, 2.05) is 6.07 Å². The molecule has 0 unspecified atom stereocenters. The minimum absolute atomic E-state index is 0.0312. The zero-order valence-electron chi connectivity index (χ0n) is 8.40. The molecular weight excluding hydrogens is 196 g/mol. The Morgan fingerprint density at radius 1 is 1.60 bits per heavy atom. The van der Waals surface area contributed by atoms with Crippen LogP contribution in [0, 0.1) is 10.1 Å². The first-order valence-electron chi connectivity index (χ1n) is 4.78. The van der Waals surface area contributed by atoms with Gasteiger partial charge in [0.25, 0.3) is 0 Å². The van der Waals surface area contributed by atoms with Crippen LogP contribution < -0.4 is 10.1 Å². The molecule has 0 saturated carbocycles. The summed E-state index contributed by atoms with van der Waals surface area (Å²) >= 11 is 0. The standard InChI is InChI=1S/C10H12N2O3/c1-15-10-3-2-7(8-4-5-11-8)6-9(10)12(13)14/h2-3,6,8,11H,4-5H2,1H3/t8-/m0/s1. The molecule has 0 aliphatic carbocycles. The number of nitro groups is 1. The van der Waals surface area contributed by atoms with Gasteiger partial charge in [-0.25, -0.2) is 0 Å². The normalized spacial score (nSPS) is 19.4. The molecule has 1 aromatic carbocycles. The summed E-state index contributed by atoms with van der Waals surface area (Å²) in [5.41, 5.74) is 0.984. The van der Waals surface area contributed by atoms with Crippen LogP contribution in [0.4, 0.5) is 5.69 Å². The lowest BCUT2D eigenvalue weighted by Gasteiger charge is -2.27. The number of benzene rings is 1. The molecule has 1 aliphatic rings. The van der Waals surface area contributed by atoms with Crippen molar-refractivity contribution in [1.82, 2.24) is 5.32 Å². The molecular formula is C10H12N2O3. The van der Waals surface area contributed by atoms with E-state index >= 15 is 0 Å². The van der Waals surface area contributed by atoms with E-state index in [4.69, 9.17) is 4.74 Å². The van der Waals surface area contributed by atoms with Crippen molar-refractivity contribution in [3.63, 3.8) is 0 Å². The molecule has 0 amide bonds. The number of nitro benzene ring substituents is 1. The fraction of sp³-hybridized carbons (Fsp3) is 0.400. The van der Waals surface area contributed by atoms with Gasteiger partial charge >= 0.3 is 5.69 Å². The van der Waals surface area contributed by atoms with E-state index in [0.29, 0.717) is 5.75 Å². The lowest BCUT2D eigenvalue weighted by molar-refractivity contribution is -0.385. The molecule has 2 rings (SSSR count). The summed E-state index contributed by atoms with van der Waals surface area (Å²) in [5, 5.41) is 14.0. The van der Waals surface area contributed by atoms with Crippen LogP contribution >= 0.6 is 0 Å². The Morgan fingerprint density at radius 2 is 2.33 bits per heavy atom. The van der Waals surface area contributed by atoms with Gasteiger partial charge in [0, 0.05) is 12.1 Å². The van der Waals surface area contributed by atoms with Crippen LogP contribution in [0.25, 0.3) is 0 Å². The lowest BCUT2D eigenvalue weighted by Crippen LogP contribution is -2.34. The first-order valence-corrected chi connectivity index (χ1v) is 4.78. The van der Waals surface area contributed by atoms with E-state index in [1.165, 1.54) is 7.11 Å². The summed E-state index contributed by atoms with van der Waals surface area (Å²) in [6.45, 7) is 0.977. The molecule has 5 nitrogen and oxygen atoms in total. The van der Waals surface area contributed by atoms with Crippen LogP contribution in [-0.4, -0.2) is 18.6 Å². The molecule has 80 valence electrons. The Labute approximate surface area is 87.2 Å². The van der Waals surface area contributed by atoms with Crippen molar-refractivity contribution >= 4 is 5.69 Å². The molecule has 1 aliphatic heterocycles. The number of nitrogens with one attached hydrogen (secondary N) is 1. The van der Waals surface area contributed by atoms with Crippen LogP contribution in [0.1, 0.15) is 18.0 Å². The van der Waals surface area contributed by atoms with Crippen molar-refractivity contribution in [2.24, 2.45) is 0 Å². The highest BCUT2D eigenvalue weighted by Gasteiger charge is 2.22. The van der Waals surface area contributed by atoms with Crippen LogP contribution in [0.15, 0.2) is 18.2 Å². The fourth-order valence-electron chi connectivity index (χ4n) is 1.64. The Hall–Kier alpha value is -1.62. The molecule has 0 radical (unpaired) electrons. The molecule has 0 bridgehead atoms. The van der Waals surface area contributed by atoms with Crippen molar-refractivity contribution in [2.45, 2.75) is 12.5 Å². The van der Waals surface area contributed by atoms with Gasteiger partial charge in [-0.3, -0.25) is 10.1 Å². The van der Waals surface area contributed by atoms with Crippen LogP contribution in [-0.2, 0) is 0 Å². The smallest absolute Gasteiger partial charge is 0.311 e. The van der Waals surface area contributed by atoms with Gasteiger partial charge in [-0.05, 0) is 24.6 Å². The molecule has 1 aromatic rings. The third-order valence-corrected chi connectivity index (χ3v) is 2.63. The largest absolute Gasteiger partial charge is 0.490 e. The monoisotopic (exact) mass is 208 g/mol. The Morgan fingerprint density at radius 3 is 2.80 bits per heavy atom. The summed E-state index contributed by atoms with van der Waals surface area (Å²) < 4.78 is 4.93. The van der Waals surface area contributed by atoms with Gasteiger partial charge in [-0.15, -0.1) is 0 Å². The molecule has 1 heterocycles. The van der Waals surface area contributed by atoms with E-state index in [9.17, 15) is 10.1 Å². The van der Waals surface area contributed by atoms with Gasteiger partial charge in [0.15, 0.2) is 5.75 Å². The van der Waals surface area contributed by atoms with E-state index in [0.717, 1.165) is 18.5 Å². The van der Waals surface area contributed by atoms with E-state index in [1.54, 1.807) is 12.1 Å². The maximum Gasteiger partial charge on any atom is 0.311 e. The maximum absolute atomic E-state index is 10.8. The average Bonchev–Trinajstić information content (AvgIpc) is 2.15. The zero-order chi connectivity index (χ0) is 10.8. The van der Waals surface area contributed by atoms with Crippen LogP contribution in [0.3, 0.4) is 0 Å². The quantitative estimate of drug-likeness (QED) is 0.605. The van der Waals surface area contributed by atoms with Crippen LogP contribution in [0.2, 0.25) is 0 Å². The number of rotatable bonds is 3. The summed E-state index contributed by atoms with van der Waals surface area (Å²) in [5.74, 6) is 0.308. The Balaban J connectivity index is 2.35. The van der Waals surface area contributed by atoms with Gasteiger partial charge in [0.2, 0.25) is 0 Å². The van der Waals surface area contributed by atoms with Crippen molar-refractivity contribution in [2.75, 3.05) is 13.7 Å². The summed E-state index contributed by atoms with van der Waals surface area (Å²) in [6.07, 6.45) is 1.03. The van der Waals surface area contributed by atoms with Gasteiger partial charge in [-0.1, -0.05) is 6.07 Å². The van der Waals surface area contributed by atoms with Gasteiger partial charge in [0.1, 0.15) is 0 Å². The first kappa shape index (κ1) is 9.92. The van der Waals surface area contributed by atoms with Crippen molar-refractivity contribution < 1.29 is 9.66 Å². The predicted molar refractivity (Wildman–Crippen MR) is 55.0 cm³/mol. The zero-order valence-corrected chi connectivity index (χ0v) is 8.40. The second kappa shape index (κ2) is 3.86. The summed E-state index contributed by atoms with van der Waals surface area (Å²) in [7, 11) is 1.43. The van der Waals surface area contributed by atoms with E-state index in [-0.39, 0.29) is 11.7 Å². The minimum atomic E-state index is -0.416. The summed E-state index contributed by atoms with van der Waals surface area (Å²) in [4.78, 5) is 10.4. The maximum atomic E-state index is 10.8. The molecule has 5 heteroatoms. The Bertz CT molecular complexity index is 388. The third-order valence-electron chi connectivity index (χ3n) is 2.63. The average molecular weight is 208 g/mol. The third kappa shape index (κ3) is 1.78. The van der Waals surface area contributed by atoms with Gasteiger partial charge in [0.05, 0.1) is 12.0 Å². The first-order chi connectivity index (χ1) is 7.22. The van der Waals surface area contributed by atoms with Gasteiger partial charge in [-0.2, -0.15) is 0 Å². The highest BCUT2D eigenvalue weighted by molar-refractivity contribution is 5.49. The Kier molecular flexibility index (Phi) is 2.55. The molecule has 1 N–H and O–H groups in total. The van der Waals surface area contributed by atoms with Crippen molar-refractivity contribution in [3.8, 4) is 5.75 Å². The number of hydrogen-bond acceptors (Lipinski definition) is 4. The molecule has 0 aromatic heterocycles. The number of nitrogens with zero attached hydrogens (tertiary/aromatic N) is 1. The molecule has 1 fully saturated rings. The predicted octanol–water partition coefficient (Wildman–Crippen LogP) is 1.64. The van der Waals surface area contributed by atoms with Crippen LogP contribution in [0.5, 0.6) is 5.75 Å².